The Hall–Kier alpha value is -1.93. The molecule has 0 fully saturated rings. The van der Waals surface area contributed by atoms with Crippen LogP contribution in [-0.2, 0) is 27.0 Å². The second-order valence-electron chi connectivity index (χ2n) is 4.64. The Labute approximate surface area is 132 Å². The van der Waals surface area contributed by atoms with Crippen LogP contribution in [0.3, 0.4) is 0 Å². The molecule has 0 aliphatic rings. The quantitative estimate of drug-likeness (QED) is 0.345. The summed E-state index contributed by atoms with van der Waals surface area (Å²) < 4.78 is 15.2. The summed E-state index contributed by atoms with van der Waals surface area (Å²) in [6.07, 6.45) is 3.29. The van der Waals surface area contributed by atoms with E-state index in [1.165, 1.54) is 12.3 Å². The van der Waals surface area contributed by atoms with E-state index in [9.17, 15) is 14.5 Å². The van der Waals surface area contributed by atoms with Crippen LogP contribution in [0.25, 0.3) is 0 Å². The summed E-state index contributed by atoms with van der Waals surface area (Å²) >= 11 is 0. The highest BCUT2D eigenvalue weighted by atomic mass is 31.2. The Morgan fingerprint density at radius 3 is 2.65 bits per heavy atom. The molecule has 0 aliphatic carbocycles. The molecule has 128 valence electrons. The maximum Gasteiger partial charge on any atom is 0.469 e. The van der Waals surface area contributed by atoms with Gasteiger partial charge in [-0.15, -0.1) is 0 Å². The van der Waals surface area contributed by atoms with Crippen molar-refractivity contribution in [1.29, 1.82) is 0 Å². The maximum absolute atomic E-state index is 11.1. The number of phosphoric ester groups is 1. The summed E-state index contributed by atoms with van der Waals surface area (Å²) in [5, 5.41) is 21.8. The highest BCUT2D eigenvalue weighted by molar-refractivity contribution is 7.46. The Bertz CT molecular complexity index is 654. The van der Waals surface area contributed by atoms with Crippen LogP contribution in [0.4, 0.5) is 0 Å². The van der Waals surface area contributed by atoms with Crippen LogP contribution in [0.1, 0.15) is 30.2 Å². The van der Waals surface area contributed by atoms with Gasteiger partial charge in [-0.2, -0.15) is 0 Å². The number of hydrogen-bond donors (Lipinski definition) is 5. The number of nitrogens with zero attached hydrogens (tertiary/aromatic N) is 1. The number of carboxylic acids is 1. The second kappa shape index (κ2) is 8.07. The molecule has 1 aromatic rings. The molecule has 0 saturated carbocycles. The Kier molecular flexibility index (Phi) is 6.71. The molecule has 1 rings (SSSR count). The number of aromatic hydroxyl groups is 1. The van der Waals surface area contributed by atoms with Gasteiger partial charge < -0.3 is 25.3 Å². The first-order chi connectivity index (χ1) is 10.7. The van der Waals surface area contributed by atoms with Gasteiger partial charge in [-0.1, -0.05) is 13.0 Å². The minimum atomic E-state index is -4.68. The van der Waals surface area contributed by atoms with Crippen molar-refractivity contribution < 1.29 is 33.9 Å². The highest BCUT2D eigenvalue weighted by Crippen LogP contribution is 2.38. The lowest BCUT2D eigenvalue weighted by molar-refractivity contribution is -0.133. The smallest absolute Gasteiger partial charge is 0.469 e. The number of rotatable bonds is 8. The number of aryl methyl sites for hydroxylation is 1. The molecule has 23 heavy (non-hydrogen) atoms. The van der Waals surface area contributed by atoms with Gasteiger partial charge in [0.2, 0.25) is 0 Å². The number of aromatic nitrogens is 1. The van der Waals surface area contributed by atoms with Gasteiger partial charge in [0, 0.05) is 23.9 Å². The molecule has 1 heterocycles. The lowest BCUT2D eigenvalue weighted by atomic mass is 10.1. The van der Waals surface area contributed by atoms with Gasteiger partial charge in [0.25, 0.3) is 0 Å². The standard InChI is InChI=1S/C13H19N2O7P/c1-3-4-11(13(17)18)15-6-10-9(7-22-23(19,20)21)5-14-8(2)12(10)16/h4-5,15-16H,3,6-7H2,1-2H3,(H,17,18)(H2,19,20,21)/b11-4+. The number of aliphatic carboxylic acids is 1. The van der Waals surface area contributed by atoms with Crippen molar-refractivity contribution in [3.8, 4) is 5.75 Å². The van der Waals surface area contributed by atoms with Crippen LogP contribution in [0, 0.1) is 6.92 Å². The summed E-state index contributed by atoms with van der Waals surface area (Å²) in [5.74, 6) is -1.34. The average molecular weight is 346 g/mol. The number of pyridine rings is 1. The summed E-state index contributed by atoms with van der Waals surface area (Å²) in [5.41, 5.74) is 0.765. The van der Waals surface area contributed by atoms with Crippen molar-refractivity contribution in [2.45, 2.75) is 33.4 Å². The number of carboxylic acid groups (broad SMARTS) is 1. The Balaban J connectivity index is 3.03. The summed E-state index contributed by atoms with van der Waals surface area (Å²) in [6, 6.07) is 0. The molecule has 0 spiro atoms. The number of allylic oxidation sites excluding steroid dienone is 1. The van der Waals surface area contributed by atoms with E-state index in [-0.39, 0.29) is 29.1 Å². The van der Waals surface area contributed by atoms with E-state index < -0.39 is 20.4 Å². The average Bonchev–Trinajstić information content (AvgIpc) is 2.45. The zero-order chi connectivity index (χ0) is 17.6. The molecule has 0 saturated heterocycles. The minimum Gasteiger partial charge on any atom is -0.506 e. The number of phosphoric acid groups is 1. The molecule has 10 heteroatoms. The van der Waals surface area contributed by atoms with Crippen molar-refractivity contribution in [3.05, 3.63) is 34.8 Å². The van der Waals surface area contributed by atoms with Crippen LogP contribution >= 0.6 is 7.82 Å². The fourth-order valence-electron chi connectivity index (χ4n) is 1.78. The van der Waals surface area contributed by atoms with Crippen LogP contribution < -0.4 is 5.32 Å². The molecule has 0 amide bonds. The van der Waals surface area contributed by atoms with Gasteiger partial charge >= 0.3 is 13.8 Å². The van der Waals surface area contributed by atoms with Gasteiger partial charge in [0.1, 0.15) is 11.4 Å². The molecule has 1 aromatic heterocycles. The first kappa shape index (κ1) is 19.1. The Morgan fingerprint density at radius 1 is 1.48 bits per heavy atom. The van der Waals surface area contributed by atoms with Crippen molar-refractivity contribution in [1.82, 2.24) is 10.3 Å². The lowest BCUT2D eigenvalue weighted by Crippen LogP contribution is -2.21. The predicted octanol–water partition coefficient (Wildman–Crippen LogP) is 1.17. The monoisotopic (exact) mass is 346 g/mol. The first-order valence-electron chi connectivity index (χ1n) is 6.69. The third-order valence-electron chi connectivity index (χ3n) is 2.91. The molecule has 9 nitrogen and oxygen atoms in total. The molecular formula is C13H19N2O7P. The number of nitrogens with one attached hydrogen (secondary N) is 1. The summed E-state index contributed by atoms with van der Waals surface area (Å²) in [7, 11) is -4.68. The lowest BCUT2D eigenvalue weighted by Gasteiger charge is -2.15. The maximum atomic E-state index is 11.1. The van der Waals surface area contributed by atoms with Crippen LogP contribution in [0.2, 0.25) is 0 Å². The fraction of sp³-hybridized carbons (Fsp3) is 0.385. The van der Waals surface area contributed by atoms with E-state index in [1.54, 1.807) is 13.8 Å². The van der Waals surface area contributed by atoms with Gasteiger partial charge in [-0.05, 0) is 13.3 Å². The number of hydrogen-bond acceptors (Lipinski definition) is 6. The minimum absolute atomic E-state index is 0.0387. The third kappa shape index (κ3) is 5.99. The molecule has 0 bridgehead atoms. The van der Waals surface area contributed by atoms with Crippen LogP contribution in [-0.4, -0.2) is 31.0 Å². The van der Waals surface area contributed by atoms with Crippen molar-refractivity contribution >= 4 is 13.8 Å². The van der Waals surface area contributed by atoms with Gasteiger partial charge in [-0.25, -0.2) is 9.36 Å². The zero-order valence-electron chi connectivity index (χ0n) is 12.7. The molecule has 0 radical (unpaired) electrons. The summed E-state index contributed by atoms with van der Waals surface area (Å²) in [4.78, 5) is 32.5. The largest absolute Gasteiger partial charge is 0.506 e. The van der Waals surface area contributed by atoms with Crippen molar-refractivity contribution in [2.24, 2.45) is 0 Å². The van der Waals surface area contributed by atoms with E-state index in [1.807, 2.05) is 0 Å². The molecule has 0 unspecified atom stereocenters. The third-order valence-corrected chi connectivity index (χ3v) is 3.38. The number of carbonyl (C=O) groups is 1. The fourth-order valence-corrected chi connectivity index (χ4v) is 2.09. The van der Waals surface area contributed by atoms with Crippen LogP contribution in [0.15, 0.2) is 18.0 Å². The molecule has 0 atom stereocenters. The first-order valence-corrected chi connectivity index (χ1v) is 8.22. The normalized spacial score (nSPS) is 12.3. The zero-order valence-corrected chi connectivity index (χ0v) is 13.6. The van der Waals surface area contributed by atoms with Crippen molar-refractivity contribution in [2.75, 3.05) is 0 Å². The SMILES string of the molecule is CC/C=C(/NCc1c(COP(=O)(O)O)cnc(C)c1O)C(=O)O. The van der Waals surface area contributed by atoms with E-state index in [4.69, 9.17) is 14.9 Å². The molecular weight excluding hydrogens is 327 g/mol. The van der Waals surface area contributed by atoms with Gasteiger partial charge in [0.15, 0.2) is 0 Å². The predicted molar refractivity (Wildman–Crippen MR) is 80.3 cm³/mol. The van der Waals surface area contributed by atoms with Gasteiger partial charge in [0.05, 0.1) is 12.3 Å². The van der Waals surface area contributed by atoms with E-state index in [0.29, 0.717) is 12.1 Å². The van der Waals surface area contributed by atoms with E-state index in [0.717, 1.165) is 0 Å². The Morgan fingerprint density at radius 2 is 2.13 bits per heavy atom. The second-order valence-corrected chi connectivity index (χ2v) is 5.88. The molecule has 0 aromatic carbocycles. The summed E-state index contributed by atoms with van der Waals surface area (Å²) in [6.45, 7) is 2.79. The van der Waals surface area contributed by atoms with Gasteiger partial charge in [-0.3, -0.25) is 9.51 Å². The molecule has 5 N–H and O–H groups in total. The highest BCUT2D eigenvalue weighted by Gasteiger charge is 2.18. The van der Waals surface area contributed by atoms with E-state index in [2.05, 4.69) is 14.8 Å². The van der Waals surface area contributed by atoms with E-state index >= 15 is 0 Å². The topological polar surface area (TPSA) is 149 Å². The van der Waals surface area contributed by atoms with Crippen LogP contribution in [0.5, 0.6) is 5.75 Å². The molecule has 0 aliphatic heterocycles. The van der Waals surface area contributed by atoms with Crippen molar-refractivity contribution in [3.63, 3.8) is 0 Å².